The van der Waals surface area contributed by atoms with Crippen LogP contribution in [0.2, 0.25) is 0 Å². The molecule has 0 saturated carbocycles. The van der Waals surface area contributed by atoms with Crippen molar-refractivity contribution in [3.8, 4) is 33.4 Å². The predicted octanol–water partition coefficient (Wildman–Crippen LogP) is 15.7. The lowest BCUT2D eigenvalue weighted by Gasteiger charge is -2.45. The van der Waals surface area contributed by atoms with Crippen molar-refractivity contribution < 1.29 is 0 Å². The summed E-state index contributed by atoms with van der Waals surface area (Å²) >= 11 is 0. The summed E-state index contributed by atoms with van der Waals surface area (Å²) in [6.07, 6.45) is 4.70. The maximum absolute atomic E-state index is 3.93. The summed E-state index contributed by atoms with van der Waals surface area (Å²) in [6.45, 7) is 19.6. The highest BCUT2D eigenvalue weighted by Crippen LogP contribution is 2.52. The van der Waals surface area contributed by atoms with Crippen molar-refractivity contribution in [3.05, 3.63) is 186 Å². The fraction of sp³-hybridized carbons (Fsp3) is 0.258. The van der Waals surface area contributed by atoms with Gasteiger partial charge in [0, 0.05) is 39.4 Å². The molecular weight excluding hydrogens is 784 g/mol. The topological polar surface area (TPSA) is 15.3 Å². The average Bonchev–Trinajstić information content (AvgIpc) is 3.31. The molecule has 0 amide bonds. The Hall–Kier alpha value is -6.32. The van der Waals surface area contributed by atoms with E-state index in [1.54, 1.807) is 0 Å². The third kappa shape index (κ3) is 7.10. The minimum atomic E-state index is 0.0648. The first-order valence-electron chi connectivity index (χ1n) is 23.8. The van der Waals surface area contributed by atoms with E-state index in [0.717, 1.165) is 11.4 Å². The van der Waals surface area contributed by atoms with E-state index in [-0.39, 0.29) is 21.7 Å². The van der Waals surface area contributed by atoms with Crippen LogP contribution in [0.15, 0.2) is 164 Å². The van der Waals surface area contributed by atoms with Crippen LogP contribution >= 0.6 is 0 Å². The van der Waals surface area contributed by atoms with Gasteiger partial charge in [-0.1, -0.05) is 176 Å². The molecule has 1 heterocycles. The van der Waals surface area contributed by atoms with Crippen LogP contribution in [0.5, 0.6) is 0 Å². The van der Waals surface area contributed by atoms with Crippen LogP contribution in [0.25, 0.3) is 44.2 Å². The number of fused-ring (bicyclic) bond motifs is 6. The minimum Gasteiger partial charge on any atom is -0.355 e. The monoisotopic (exact) mass is 843 g/mol. The molecule has 1 radical (unpaired) electrons. The summed E-state index contributed by atoms with van der Waals surface area (Å²) in [5.74, 6) is 0. The molecule has 1 N–H and O–H groups in total. The van der Waals surface area contributed by atoms with Crippen LogP contribution in [0.4, 0.5) is 28.4 Å². The van der Waals surface area contributed by atoms with Gasteiger partial charge in [-0.05, 0) is 157 Å². The Bertz CT molecular complexity index is 3140. The van der Waals surface area contributed by atoms with Crippen LogP contribution < -0.4 is 21.1 Å². The molecule has 2 aliphatic carbocycles. The van der Waals surface area contributed by atoms with E-state index in [1.165, 1.54) is 120 Å². The average molecular weight is 844 g/mol. The highest BCUT2D eigenvalue weighted by Gasteiger charge is 2.41. The highest BCUT2D eigenvalue weighted by molar-refractivity contribution is 6.74. The van der Waals surface area contributed by atoms with E-state index < -0.39 is 0 Å². The summed E-state index contributed by atoms with van der Waals surface area (Å²) in [6, 6.07) is 61.4. The largest absolute Gasteiger partial charge is 0.355 e. The summed E-state index contributed by atoms with van der Waals surface area (Å²) < 4.78 is 0. The van der Waals surface area contributed by atoms with Crippen LogP contribution in [0.3, 0.4) is 0 Å². The molecule has 8 aromatic rings. The van der Waals surface area contributed by atoms with E-state index in [2.05, 4.69) is 237 Å². The molecule has 8 aromatic carbocycles. The Kier molecular flexibility index (Phi) is 9.63. The van der Waals surface area contributed by atoms with Gasteiger partial charge in [0.25, 0.3) is 0 Å². The van der Waals surface area contributed by atoms with Gasteiger partial charge in [-0.2, -0.15) is 0 Å². The maximum atomic E-state index is 3.93. The van der Waals surface area contributed by atoms with Crippen LogP contribution in [0.1, 0.15) is 103 Å². The molecule has 11 rings (SSSR count). The quantitative estimate of drug-likeness (QED) is 0.168. The zero-order chi connectivity index (χ0) is 44.9. The SMILES string of the molecule is CC1(C)CCC(C)(C)c2cc(N3c4cc5c(cc4[B]c4c(-c6cc(-c7ccccc7)ccc6Nc6ccc(-c7ccccc7)cc6)cc6ccccc6c43)C(C)(C)CCC5(C)C)ccc21. The van der Waals surface area contributed by atoms with Gasteiger partial charge < -0.3 is 10.2 Å². The number of benzene rings is 8. The second kappa shape index (κ2) is 15.1. The Morgan fingerprint density at radius 2 is 0.985 bits per heavy atom. The molecule has 0 bridgehead atoms. The standard InChI is InChI=1S/C62H60BN2/c1-59(2)31-32-60(3,4)51-37-46(28-29-50(51)59)65-56-39-53-52(61(5,6)33-34-62(53,7)8)38-54(56)63-57-49(36-44-21-15-16-22-47(44)58(57)65)48-35-43(41-19-13-10-14-20-41)25-30-55(48)64-45-26-23-42(24-27-45)40-17-11-9-12-18-40/h9-30,35-39,64H,31-34H2,1-8H3. The lowest BCUT2D eigenvalue weighted by Crippen LogP contribution is -2.44. The molecule has 1 aliphatic heterocycles. The molecule has 2 nitrogen and oxygen atoms in total. The van der Waals surface area contributed by atoms with E-state index >= 15 is 0 Å². The molecule has 0 spiro atoms. The second-order valence-electron chi connectivity index (χ2n) is 21.8. The predicted molar refractivity (Wildman–Crippen MR) is 280 cm³/mol. The molecular formula is C62H60BN2. The molecule has 3 heteroatoms. The van der Waals surface area contributed by atoms with Crippen LogP contribution in [-0.4, -0.2) is 7.28 Å². The van der Waals surface area contributed by atoms with E-state index in [9.17, 15) is 0 Å². The van der Waals surface area contributed by atoms with Crippen molar-refractivity contribution in [2.24, 2.45) is 0 Å². The van der Waals surface area contributed by atoms with Crippen molar-refractivity contribution in [1.29, 1.82) is 0 Å². The molecule has 3 aliphatic rings. The number of hydrogen-bond donors (Lipinski definition) is 1. The summed E-state index contributed by atoms with van der Waals surface area (Å²) in [4.78, 5) is 2.66. The van der Waals surface area contributed by atoms with Crippen molar-refractivity contribution in [3.63, 3.8) is 0 Å². The Morgan fingerprint density at radius 3 is 1.65 bits per heavy atom. The molecule has 321 valence electrons. The molecule has 0 aromatic heterocycles. The number of nitrogens with one attached hydrogen (secondary N) is 1. The first-order chi connectivity index (χ1) is 31.2. The van der Waals surface area contributed by atoms with E-state index in [4.69, 9.17) is 0 Å². The van der Waals surface area contributed by atoms with Gasteiger partial charge in [0.15, 0.2) is 7.28 Å². The molecule has 0 atom stereocenters. The van der Waals surface area contributed by atoms with Gasteiger partial charge >= 0.3 is 0 Å². The van der Waals surface area contributed by atoms with Gasteiger partial charge in [-0.25, -0.2) is 0 Å². The number of hydrogen-bond acceptors (Lipinski definition) is 2. The highest BCUT2D eigenvalue weighted by atomic mass is 15.2. The summed E-state index contributed by atoms with van der Waals surface area (Å²) in [5.41, 5.74) is 21.9. The Labute approximate surface area is 388 Å². The van der Waals surface area contributed by atoms with Crippen molar-refractivity contribution >= 4 is 57.4 Å². The van der Waals surface area contributed by atoms with Gasteiger partial charge in [0.2, 0.25) is 0 Å². The zero-order valence-electron chi connectivity index (χ0n) is 39.4. The van der Waals surface area contributed by atoms with Crippen molar-refractivity contribution in [2.45, 2.75) is 103 Å². The van der Waals surface area contributed by atoms with Crippen LogP contribution in [-0.2, 0) is 21.7 Å². The smallest absolute Gasteiger partial charge is 0.197 e. The normalized spacial score (nSPS) is 17.3. The van der Waals surface area contributed by atoms with Crippen molar-refractivity contribution in [1.82, 2.24) is 0 Å². The van der Waals surface area contributed by atoms with Gasteiger partial charge in [-0.15, -0.1) is 0 Å². The lowest BCUT2D eigenvalue weighted by atomic mass is 9.54. The number of rotatable bonds is 6. The maximum Gasteiger partial charge on any atom is 0.197 e. The summed E-state index contributed by atoms with van der Waals surface area (Å²) in [7, 11) is 2.53. The second-order valence-corrected chi connectivity index (χ2v) is 21.8. The molecule has 65 heavy (non-hydrogen) atoms. The van der Waals surface area contributed by atoms with Gasteiger partial charge in [0.1, 0.15) is 0 Å². The number of nitrogens with zero attached hydrogens (tertiary/aromatic N) is 1. The molecule has 0 unspecified atom stereocenters. The van der Waals surface area contributed by atoms with Gasteiger partial charge in [0.05, 0.1) is 0 Å². The van der Waals surface area contributed by atoms with Crippen molar-refractivity contribution in [2.75, 3.05) is 10.2 Å². The lowest BCUT2D eigenvalue weighted by molar-refractivity contribution is 0.332. The first-order valence-corrected chi connectivity index (χ1v) is 23.8. The first kappa shape index (κ1) is 41.4. The Morgan fingerprint density at radius 1 is 0.446 bits per heavy atom. The van der Waals surface area contributed by atoms with E-state index in [0.29, 0.717) is 0 Å². The van der Waals surface area contributed by atoms with Gasteiger partial charge in [-0.3, -0.25) is 0 Å². The molecule has 0 saturated heterocycles. The fourth-order valence-corrected chi connectivity index (χ4v) is 11.4. The molecule has 0 fully saturated rings. The van der Waals surface area contributed by atoms with Crippen LogP contribution in [0, 0.1) is 0 Å². The zero-order valence-corrected chi connectivity index (χ0v) is 39.4. The summed E-state index contributed by atoms with van der Waals surface area (Å²) in [5, 5.41) is 6.41. The Balaban J connectivity index is 1.18. The minimum absolute atomic E-state index is 0.0648. The third-order valence-corrected chi connectivity index (χ3v) is 15.6. The van der Waals surface area contributed by atoms with E-state index in [1.807, 2.05) is 0 Å². The fourth-order valence-electron chi connectivity index (χ4n) is 11.4. The third-order valence-electron chi connectivity index (χ3n) is 15.6. The number of anilines is 5.